The minimum atomic E-state index is -0.853. The van der Waals surface area contributed by atoms with Crippen molar-refractivity contribution in [2.45, 2.75) is 82.8 Å². The zero-order valence-corrected chi connectivity index (χ0v) is 22.3. The lowest BCUT2D eigenvalue weighted by Crippen LogP contribution is -2.61. The van der Waals surface area contributed by atoms with Crippen LogP contribution in [0.5, 0.6) is 0 Å². The average molecular weight is 474 g/mol. The Morgan fingerprint density at radius 1 is 1.06 bits per heavy atom. The van der Waals surface area contributed by atoms with Crippen LogP contribution in [0.1, 0.15) is 71.1 Å². The van der Waals surface area contributed by atoms with E-state index in [-0.39, 0.29) is 11.5 Å². The summed E-state index contributed by atoms with van der Waals surface area (Å²) in [6.45, 7) is 4.74. The highest BCUT2D eigenvalue weighted by Crippen LogP contribution is 2.66. The molecule has 186 valence electrons. The van der Waals surface area contributed by atoms with Gasteiger partial charge < -0.3 is 15.1 Å². The monoisotopic (exact) mass is 473 g/mol. The lowest BCUT2D eigenvalue weighted by molar-refractivity contribution is -0.150. The van der Waals surface area contributed by atoms with E-state index in [1.54, 1.807) is 16.8 Å². The standard InChI is InChI=1S/C27H45NO2S.C2H2/c1-5-26-17-27(30,18-31(2,3)4)25-21-11-9-20(28-14-6-7-15-28)16-19(21)8-10-22(25)23(26)12-13-24(26)29;1-2/h16,22-25,29-30H,5-15,17-18H2,1-4H3;1-2H. The van der Waals surface area contributed by atoms with E-state index < -0.39 is 15.6 Å². The molecule has 1 saturated heterocycles. The molecule has 33 heavy (non-hydrogen) atoms. The maximum absolute atomic E-state index is 12.5. The normalized spacial score (nSPS) is 40.8. The molecule has 6 unspecified atom stereocenters. The van der Waals surface area contributed by atoms with E-state index >= 15 is 0 Å². The van der Waals surface area contributed by atoms with Gasteiger partial charge in [-0.2, -0.15) is 0 Å². The van der Waals surface area contributed by atoms with E-state index in [0.717, 1.165) is 44.3 Å². The maximum atomic E-state index is 12.5. The van der Waals surface area contributed by atoms with Crippen LogP contribution in [0.2, 0.25) is 0 Å². The number of terminal acetylenes is 1. The minimum Gasteiger partial charge on any atom is -0.393 e. The number of nitrogens with zero attached hydrogens (tertiary/aromatic N) is 1. The van der Waals surface area contributed by atoms with Crippen molar-refractivity contribution in [2.75, 3.05) is 37.6 Å². The molecule has 4 aliphatic carbocycles. The number of likely N-dealkylation sites (tertiary alicyclic amines) is 1. The van der Waals surface area contributed by atoms with Gasteiger partial charge in [0, 0.05) is 35.9 Å². The number of hydrogen-bond acceptors (Lipinski definition) is 3. The van der Waals surface area contributed by atoms with E-state index in [1.165, 1.54) is 38.8 Å². The van der Waals surface area contributed by atoms with Crippen molar-refractivity contribution in [3.8, 4) is 12.8 Å². The molecule has 0 spiro atoms. The molecule has 0 aromatic carbocycles. The molecule has 3 nitrogen and oxygen atoms in total. The number of allylic oxidation sites excluding steroid dienone is 3. The van der Waals surface area contributed by atoms with E-state index in [1.807, 2.05) is 0 Å². The van der Waals surface area contributed by atoms with Gasteiger partial charge in [0.15, 0.2) is 0 Å². The van der Waals surface area contributed by atoms with Crippen molar-refractivity contribution in [3.63, 3.8) is 0 Å². The zero-order chi connectivity index (χ0) is 24.0. The Bertz CT molecular complexity index is 817. The molecule has 1 aliphatic heterocycles. The van der Waals surface area contributed by atoms with E-state index in [9.17, 15) is 10.2 Å². The van der Waals surface area contributed by atoms with Crippen LogP contribution >= 0.6 is 10.0 Å². The molecule has 0 amide bonds. The molecule has 2 N–H and O–H groups in total. The smallest absolute Gasteiger partial charge is 0.0797 e. The van der Waals surface area contributed by atoms with Gasteiger partial charge in [0.05, 0.1) is 11.7 Å². The Morgan fingerprint density at radius 3 is 2.39 bits per heavy atom. The summed E-state index contributed by atoms with van der Waals surface area (Å²) in [5, 5.41) is 23.7. The highest BCUT2D eigenvalue weighted by Gasteiger charge is 2.64. The van der Waals surface area contributed by atoms with Crippen LogP contribution in [0.15, 0.2) is 22.9 Å². The Kier molecular flexibility index (Phi) is 7.09. The highest BCUT2D eigenvalue weighted by atomic mass is 32.3. The van der Waals surface area contributed by atoms with Crippen molar-refractivity contribution in [1.29, 1.82) is 0 Å². The second-order valence-corrected chi connectivity index (χ2v) is 16.8. The Labute approximate surface area is 204 Å². The van der Waals surface area contributed by atoms with Crippen molar-refractivity contribution >= 4 is 10.0 Å². The summed E-state index contributed by atoms with van der Waals surface area (Å²) in [7, 11) is -0.853. The molecular formula is C29H47NO2S. The van der Waals surface area contributed by atoms with Crippen LogP contribution in [0.3, 0.4) is 0 Å². The van der Waals surface area contributed by atoms with Crippen molar-refractivity contribution in [3.05, 3.63) is 22.9 Å². The van der Waals surface area contributed by atoms with Gasteiger partial charge in [0.25, 0.3) is 0 Å². The maximum Gasteiger partial charge on any atom is 0.0797 e. The summed E-state index contributed by atoms with van der Waals surface area (Å²) in [4.78, 5) is 2.62. The first-order chi connectivity index (χ1) is 15.7. The van der Waals surface area contributed by atoms with Gasteiger partial charge in [-0.15, -0.1) is 12.8 Å². The van der Waals surface area contributed by atoms with Gasteiger partial charge >= 0.3 is 0 Å². The highest BCUT2D eigenvalue weighted by molar-refractivity contribution is 8.32. The minimum absolute atomic E-state index is 0.0656. The number of rotatable bonds is 4. The SMILES string of the molecule is C#C.CCC12CC(O)(CS(C)(C)C)C3C4=C(C=C(N5CCCC5)CC4)CCC3C1CCC2O. The predicted octanol–water partition coefficient (Wildman–Crippen LogP) is 5.33. The van der Waals surface area contributed by atoms with Crippen molar-refractivity contribution in [1.82, 2.24) is 4.90 Å². The number of aliphatic hydroxyl groups excluding tert-OH is 1. The molecule has 5 aliphatic rings. The van der Waals surface area contributed by atoms with Crippen molar-refractivity contribution in [2.24, 2.45) is 23.2 Å². The van der Waals surface area contributed by atoms with Crippen LogP contribution in [0, 0.1) is 36.0 Å². The summed E-state index contributed by atoms with van der Waals surface area (Å²) in [6.07, 6.45) is 28.7. The molecule has 0 aromatic heterocycles. The number of aliphatic hydroxyl groups is 2. The van der Waals surface area contributed by atoms with Gasteiger partial charge in [0.1, 0.15) is 0 Å². The summed E-state index contributed by atoms with van der Waals surface area (Å²) in [5.74, 6) is 2.38. The van der Waals surface area contributed by atoms with Crippen LogP contribution in [0.4, 0.5) is 0 Å². The Balaban J connectivity index is 0.00000126. The Morgan fingerprint density at radius 2 is 1.76 bits per heavy atom. The average Bonchev–Trinajstić information content (AvgIpc) is 3.42. The van der Waals surface area contributed by atoms with E-state index in [2.05, 4.69) is 49.5 Å². The van der Waals surface area contributed by atoms with Crippen LogP contribution in [-0.4, -0.2) is 64.4 Å². The Hall–Kier alpha value is -0.890. The largest absolute Gasteiger partial charge is 0.393 e. The molecule has 2 saturated carbocycles. The molecule has 4 heteroatoms. The summed E-state index contributed by atoms with van der Waals surface area (Å²) < 4.78 is 0. The van der Waals surface area contributed by atoms with Crippen LogP contribution in [-0.2, 0) is 0 Å². The summed E-state index contributed by atoms with van der Waals surface area (Å²) in [5.41, 5.74) is 4.02. The summed E-state index contributed by atoms with van der Waals surface area (Å²) in [6, 6.07) is 0. The third kappa shape index (κ3) is 4.32. The molecule has 3 fully saturated rings. The first-order valence-electron chi connectivity index (χ1n) is 13.2. The first kappa shape index (κ1) is 25.2. The lowest BCUT2D eigenvalue weighted by atomic mass is 9.48. The quantitative estimate of drug-likeness (QED) is 0.543. The van der Waals surface area contributed by atoms with Crippen LogP contribution in [0.25, 0.3) is 0 Å². The topological polar surface area (TPSA) is 43.7 Å². The fourth-order valence-electron chi connectivity index (χ4n) is 8.78. The summed E-state index contributed by atoms with van der Waals surface area (Å²) >= 11 is 0. The molecule has 1 heterocycles. The molecular weight excluding hydrogens is 426 g/mol. The molecule has 0 radical (unpaired) electrons. The van der Waals surface area contributed by atoms with Gasteiger partial charge in [0.2, 0.25) is 0 Å². The van der Waals surface area contributed by atoms with E-state index in [4.69, 9.17) is 0 Å². The third-order valence-electron chi connectivity index (χ3n) is 9.69. The van der Waals surface area contributed by atoms with Gasteiger partial charge in [-0.1, -0.05) is 12.5 Å². The molecule has 6 atom stereocenters. The van der Waals surface area contributed by atoms with Gasteiger partial charge in [-0.3, -0.25) is 0 Å². The fraction of sp³-hybridized carbons (Fsp3) is 0.793. The number of hydrogen-bond donors (Lipinski definition) is 2. The second-order valence-electron chi connectivity index (χ2n) is 12.4. The molecule has 0 bridgehead atoms. The van der Waals surface area contributed by atoms with E-state index in [0.29, 0.717) is 17.8 Å². The third-order valence-corrected chi connectivity index (χ3v) is 11.1. The van der Waals surface area contributed by atoms with Gasteiger partial charge in [-0.05, 0) is 106 Å². The molecule has 0 aromatic rings. The van der Waals surface area contributed by atoms with Crippen LogP contribution < -0.4 is 0 Å². The zero-order valence-electron chi connectivity index (χ0n) is 21.5. The predicted molar refractivity (Wildman–Crippen MR) is 143 cm³/mol. The number of fused-ring (bicyclic) bond motifs is 4. The second kappa shape index (κ2) is 9.29. The fourth-order valence-corrected chi connectivity index (χ4v) is 10.6. The molecule has 5 rings (SSSR count). The van der Waals surface area contributed by atoms with Gasteiger partial charge in [-0.25, -0.2) is 10.0 Å². The lowest BCUT2D eigenvalue weighted by Gasteiger charge is -2.60. The van der Waals surface area contributed by atoms with Crippen molar-refractivity contribution < 1.29 is 10.2 Å². The first-order valence-corrected chi connectivity index (χ1v) is 16.3.